The number of rotatable bonds is 4. The lowest BCUT2D eigenvalue weighted by Gasteiger charge is -2.35. The van der Waals surface area contributed by atoms with Gasteiger partial charge in [0.1, 0.15) is 0 Å². The van der Waals surface area contributed by atoms with Crippen molar-refractivity contribution in [1.29, 1.82) is 0 Å². The molecule has 1 N–H and O–H groups in total. The molecule has 0 amide bonds. The van der Waals surface area contributed by atoms with Gasteiger partial charge in [0, 0.05) is 6.54 Å². The molecule has 0 bridgehead atoms. The third kappa shape index (κ3) is 4.49. The highest BCUT2D eigenvalue weighted by atomic mass is 16.7. The van der Waals surface area contributed by atoms with Crippen LogP contribution in [0.1, 0.15) is 56.5 Å². The summed E-state index contributed by atoms with van der Waals surface area (Å²) in [6.45, 7) is 10.3. The van der Waals surface area contributed by atoms with Crippen LogP contribution in [0, 0.1) is 0 Å². The standard InChI is InChI=1S/C22H29NO2/c1-16(18-11-8-12-19(15-18)22(2,3)4)25-21-20(23-13-14-24-21)17-9-6-5-7-10-17/h5-12,15-16,20-21,23H,13-14H2,1-4H3/t16-,20?,21?/m1/s1. The number of nitrogens with one attached hydrogen (secondary N) is 1. The lowest BCUT2D eigenvalue weighted by Crippen LogP contribution is -2.43. The summed E-state index contributed by atoms with van der Waals surface area (Å²) in [6, 6.07) is 19.1. The minimum atomic E-state index is -0.288. The van der Waals surface area contributed by atoms with Crippen LogP contribution in [0.2, 0.25) is 0 Å². The van der Waals surface area contributed by atoms with Gasteiger partial charge >= 0.3 is 0 Å². The minimum absolute atomic E-state index is 0.0292. The largest absolute Gasteiger partial charge is 0.349 e. The van der Waals surface area contributed by atoms with Crippen molar-refractivity contribution in [3.8, 4) is 0 Å². The van der Waals surface area contributed by atoms with Crippen LogP contribution in [0.15, 0.2) is 54.6 Å². The zero-order valence-electron chi connectivity index (χ0n) is 15.7. The van der Waals surface area contributed by atoms with Gasteiger partial charge in [-0.2, -0.15) is 0 Å². The summed E-state index contributed by atoms with van der Waals surface area (Å²) in [6.07, 6.45) is -0.317. The minimum Gasteiger partial charge on any atom is -0.349 e. The number of benzene rings is 2. The normalized spacial score (nSPS) is 22.6. The number of ether oxygens (including phenoxy) is 2. The first-order valence-electron chi connectivity index (χ1n) is 9.11. The molecule has 3 heteroatoms. The first-order valence-corrected chi connectivity index (χ1v) is 9.11. The zero-order chi connectivity index (χ0) is 17.9. The summed E-state index contributed by atoms with van der Waals surface area (Å²) in [7, 11) is 0. The molecule has 25 heavy (non-hydrogen) atoms. The lowest BCUT2D eigenvalue weighted by atomic mass is 9.86. The van der Waals surface area contributed by atoms with Crippen LogP contribution >= 0.6 is 0 Å². The molecule has 134 valence electrons. The third-order valence-electron chi connectivity index (χ3n) is 4.74. The van der Waals surface area contributed by atoms with E-state index in [1.165, 1.54) is 16.7 Å². The fourth-order valence-electron chi connectivity index (χ4n) is 3.17. The predicted molar refractivity (Wildman–Crippen MR) is 102 cm³/mol. The summed E-state index contributed by atoms with van der Waals surface area (Å²) >= 11 is 0. The monoisotopic (exact) mass is 339 g/mol. The van der Waals surface area contributed by atoms with E-state index < -0.39 is 0 Å². The molecule has 2 aromatic carbocycles. The van der Waals surface area contributed by atoms with E-state index >= 15 is 0 Å². The average Bonchev–Trinajstić information content (AvgIpc) is 2.62. The molecule has 0 spiro atoms. The molecule has 2 unspecified atom stereocenters. The molecule has 1 aliphatic rings. The second-order valence-electron chi connectivity index (χ2n) is 7.74. The molecule has 1 fully saturated rings. The summed E-state index contributed by atoms with van der Waals surface area (Å²) in [4.78, 5) is 0. The molecule has 1 aliphatic heterocycles. The molecule has 2 aromatic rings. The van der Waals surface area contributed by atoms with E-state index in [1.54, 1.807) is 0 Å². The van der Waals surface area contributed by atoms with E-state index in [0.29, 0.717) is 6.61 Å². The van der Waals surface area contributed by atoms with Crippen molar-refractivity contribution in [3.63, 3.8) is 0 Å². The van der Waals surface area contributed by atoms with Gasteiger partial charge in [0.25, 0.3) is 0 Å². The molecule has 0 aliphatic carbocycles. The fourth-order valence-corrected chi connectivity index (χ4v) is 3.17. The van der Waals surface area contributed by atoms with Gasteiger partial charge in [-0.3, -0.25) is 0 Å². The molecule has 0 aromatic heterocycles. The van der Waals surface area contributed by atoms with Crippen LogP contribution in [0.3, 0.4) is 0 Å². The lowest BCUT2D eigenvalue weighted by molar-refractivity contribution is -0.200. The van der Waals surface area contributed by atoms with Gasteiger partial charge < -0.3 is 14.8 Å². The fraction of sp³-hybridized carbons (Fsp3) is 0.455. The van der Waals surface area contributed by atoms with Crippen molar-refractivity contribution in [1.82, 2.24) is 5.32 Å². The van der Waals surface area contributed by atoms with Crippen molar-refractivity contribution in [2.24, 2.45) is 0 Å². The molecule has 3 rings (SSSR count). The Kier molecular flexibility index (Phi) is 5.57. The van der Waals surface area contributed by atoms with Crippen molar-refractivity contribution >= 4 is 0 Å². The quantitative estimate of drug-likeness (QED) is 0.872. The maximum atomic E-state index is 6.33. The van der Waals surface area contributed by atoms with Gasteiger partial charge in [-0.25, -0.2) is 0 Å². The smallest absolute Gasteiger partial charge is 0.177 e. The number of morpholine rings is 1. The Morgan fingerprint density at radius 1 is 1.08 bits per heavy atom. The van der Waals surface area contributed by atoms with Crippen LogP contribution in [-0.4, -0.2) is 19.4 Å². The van der Waals surface area contributed by atoms with E-state index in [1.807, 2.05) is 6.07 Å². The zero-order valence-corrected chi connectivity index (χ0v) is 15.7. The van der Waals surface area contributed by atoms with Gasteiger partial charge in [0.2, 0.25) is 0 Å². The van der Waals surface area contributed by atoms with Crippen molar-refractivity contribution < 1.29 is 9.47 Å². The Labute approximate surface area is 151 Å². The van der Waals surface area contributed by atoms with Gasteiger partial charge in [0.15, 0.2) is 6.29 Å². The number of hydrogen-bond donors (Lipinski definition) is 1. The van der Waals surface area contributed by atoms with Gasteiger partial charge in [-0.15, -0.1) is 0 Å². The van der Waals surface area contributed by atoms with Crippen molar-refractivity contribution in [3.05, 3.63) is 71.3 Å². The third-order valence-corrected chi connectivity index (χ3v) is 4.74. The predicted octanol–water partition coefficient (Wildman–Crippen LogP) is 4.75. The first-order chi connectivity index (χ1) is 11.9. The molecule has 3 atom stereocenters. The summed E-state index contributed by atoms with van der Waals surface area (Å²) in [5.41, 5.74) is 3.84. The summed E-state index contributed by atoms with van der Waals surface area (Å²) < 4.78 is 12.3. The van der Waals surface area contributed by atoms with Gasteiger partial charge in [0.05, 0.1) is 18.8 Å². The van der Waals surface area contributed by atoms with E-state index in [-0.39, 0.29) is 23.9 Å². The SMILES string of the molecule is C[C@@H](OC1OCCNC1c1ccccc1)c1cccc(C(C)(C)C)c1. The van der Waals surface area contributed by atoms with Gasteiger partial charge in [-0.05, 0) is 29.0 Å². The van der Waals surface area contributed by atoms with Crippen LogP contribution in [0.4, 0.5) is 0 Å². The van der Waals surface area contributed by atoms with E-state index in [4.69, 9.17) is 9.47 Å². The first kappa shape index (κ1) is 18.1. The Morgan fingerprint density at radius 2 is 1.84 bits per heavy atom. The van der Waals surface area contributed by atoms with Crippen molar-refractivity contribution in [2.45, 2.75) is 51.5 Å². The average molecular weight is 339 g/mol. The highest BCUT2D eigenvalue weighted by Crippen LogP contribution is 2.30. The maximum absolute atomic E-state index is 6.33. The van der Waals surface area contributed by atoms with Crippen LogP contribution < -0.4 is 5.32 Å². The Hall–Kier alpha value is -1.68. The molecular weight excluding hydrogens is 310 g/mol. The van der Waals surface area contributed by atoms with E-state index in [9.17, 15) is 0 Å². The maximum Gasteiger partial charge on any atom is 0.177 e. The van der Waals surface area contributed by atoms with Crippen LogP contribution in [0.25, 0.3) is 0 Å². The van der Waals surface area contributed by atoms with Crippen molar-refractivity contribution in [2.75, 3.05) is 13.2 Å². The molecule has 0 saturated carbocycles. The molecule has 1 heterocycles. The summed E-state index contributed by atoms with van der Waals surface area (Å²) in [5, 5.41) is 3.53. The second-order valence-corrected chi connectivity index (χ2v) is 7.74. The Balaban J connectivity index is 1.76. The number of hydrogen-bond acceptors (Lipinski definition) is 3. The van der Waals surface area contributed by atoms with E-state index in [0.717, 1.165) is 6.54 Å². The molecule has 1 saturated heterocycles. The topological polar surface area (TPSA) is 30.5 Å². The Bertz CT molecular complexity index is 678. The van der Waals surface area contributed by atoms with E-state index in [2.05, 4.69) is 81.5 Å². The second kappa shape index (κ2) is 7.69. The highest BCUT2D eigenvalue weighted by Gasteiger charge is 2.29. The Morgan fingerprint density at radius 3 is 2.56 bits per heavy atom. The van der Waals surface area contributed by atoms with Gasteiger partial charge in [-0.1, -0.05) is 75.4 Å². The molecule has 0 radical (unpaired) electrons. The molecular formula is C22H29NO2. The van der Waals surface area contributed by atoms with Crippen LogP contribution in [0.5, 0.6) is 0 Å². The highest BCUT2D eigenvalue weighted by molar-refractivity contribution is 5.30. The molecule has 3 nitrogen and oxygen atoms in total. The summed E-state index contributed by atoms with van der Waals surface area (Å²) in [5.74, 6) is 0. The van der Waals surface area contributed by atoms with Crippen LogP contribution in [-0.2, 0) is 14.9 Å².